The summed E-state index contributed by atoms with van der Waals surface area (Å²) in [5.41, 5.74) is -0.496. The average Bonchev–Trinajstić information content (AvgIpc) is 2.28. The largest absolute Gasteiger partial charge is 0.481 e. The van der Waals surface area contributed by atoms with Crippen molar-refractivity contribution in [2.75, 3.05) is 0 Å². The van der Waals surface area contributed by atoms with Crippen LogP contribution < -0.4 is 0 Å². The molecule has 0 saturated heterocycles. The van der Waals surface area contributed by atoms with Crippen LogP contribution in [0.15, 0.2) is 12.7 Å². The van der Waals surface area contributed by atoms with E-state index < -0.39 is 11.4 Å². The van der Waals surface area contributed by atoms with Crippen LogP contribution in [0.4, 0.5) is 0 Å². The fraction of sp³-hybridized carbons (Fsp3) is 0.786. The summed E-state index contributed by atoms with van der Waals surface area (Å²) < 4.78 is 0. The first-order valence-electron chi connectivity index (χ1n) is 6.49. The number of carbonyl (C=O) groups is 1. The minimum Gasteiger partial charge on any atom is -0.481 e. The van der Waals surface area contributed by atoms with Crippen molar-refractivity contribution < 1.29 is 9.90 Å². The molecule has 0 radical (unpaired) electrons. The molecule has 0 aromatic heterocycles. The highest BCUT2D eigenvalue weighted by molar-refractivity contribution is 5.75. The maximum atomic E-state index is 11.3. The SMILES string of the molecule is C=CCC1(C(=O)O)CCC(CCCC)CC1. The van der Waals surface area contributed by atoms with Crippen LogP contribution >= 0.6 is 0 Å². The predicted molar refractivity (Wildman–Crippen MR) is 66.4 cm³/mol. The van der Waals surface area contributed by atoms with E-state index in [1.807, 2.05) is 0 Å². The van der Waals surface area contributed by atoms with Gasteiger partial charge in [-0.05, 0) is 38.0 Å². The summed E-state index contributed by atoms with van der Waals surface area (Å²) in [5.74, 6) is 0.138. The van der Waals surface area contributed by atoms with Crippen molar-refractivity contribution in [2.24, 2.45) is 11.3 Å². The van der Waals surface area contributed by atoms with Crippen molar-refractivity contribution in [2.45, 2.75) is 58.3 Å². The lowest BCUT2D eigenvalue weighted by molar-refractivity contribution is -0.151. The molecule has 1 saturated carbocycles. The molecule has 1 aliphatic carbocycles. The first-order chi connectivity index (χ1) is 7.64. The van der Waals surface area contributed by atoms with Gasteiger partial charge in [-0.25, -0.2) is 0 Å². The summed E-state index contributed by atoms with van der Waals surface area (Å²) in [6, 6.07) is 0. The molecule has 0 aromatic carbocycles. The first kappa shape index (κ1) is 13.3. The van der Waals surface area contributed by atoms with Crippen LogP contribution in [0.25, 0.3) is 0 Å². The van der Waals surface area contributed by atoms with E-state index in [9.17, 15) is 9.90 Å². The highest BCUT2D eigenvalue weighted by Gasteiger charge is 2.40. The second kappa shape index (κ2) is 6.07. The van der Waals surface area contributed by atoms with Gasteiger partial charge in [0.05, 0.1) is 5.41 Å². The van der Waals surface area contributed by atoms with Crippen LogP contribution in [0, 0.1) is 11.3 Å². The lowest BCUT2D eigenvalue weighted by Gasteiger charge is -2.36. The molecule has 0 unspecified atom stereocenters. The topological polar surface area (TPSA) is 37.3 Å². The van der Waals surface area contributed by atoms with E-state index in [0.717, 1.165) is 31.6 Å². The Kier molecular flexibility index (Phi) is 5.04. The number of rotatable bonds is 6. The molecule has 1 rings (SSSR count). The summed E-state index contributed by atoms with van der Waals surface area (Å²) in [6.45, 7) is 5.90. The second-order valence-electron chi connectivity index (χ2n) is 5.16. The zero-order valence-electron chi connectivity index (χ0n) is 10.4. The smallest absolute Gasteiger partial charge is 0.309 e. The minimum atomic E-state index is -0.624. The van der Waals surface area contributed by atoms with E-state index in [0.29, 0.717) is 6.42 Å². The Morgan fingerprint density at radius 3 is 2.56 bits per heavy atom. The van der Waals surface area contributed by atoms with E-state index in [2.05, 4.69) is 13.5 Å². The molecular weight excluding hydrogens is 200 g/mol. The lowest BCUT2D eigenvalue weighted by Crippen LogP contribution is -2.35. The number of carboxylic acids is 1. The van der Waals surface area contributed by atoms with Gasteiger partial charge >= 0.3 is 5.97 Å². The molecule has 0 aromatic rings. The summed E-state index contributed by atoms with van der Waals surface area (Å²) in [5, 5.41) is 9.33. The molecule has 1 N–H and O–H groups in total. The zero-order chi connectivity index (χ0) is 12.0. The van der Waals surface area contributed by atoms with E-state index in [4.69, 9.17) is 0 Å². The van der Waals surface area contributed by atoms with Gasteiger partial charge in [0.2, 0.25) is 0 Å². The number of aliphatic carboxylic acids is 1. The number of carboxylic acid groups (broad SMARTS) is 1. The van der Waals surface area contributed by atoms with Crippen LogP contribution in [0.2, 0.25) is 0 Å². The van der Waals surface area contributed by atoms with Gasteiger partial charge in [0.1, 0.15) is 0 Å². The number of hydrogen-bond donors (Lipinski definition) is 1. The highest BCUT2D eigenvalue weighted by atomic mass is 16.4. The molecule has 1 fully saturated rings. The summed E-state index contributed by atoms with van der Waals surface area (Å²) in [4.78, 5) is 11.3. The normalized spacial score (nSPS) is 29.9. The van der Waals surface area contributed by atoms with Crippen molar-refractivity contribution in [1.82, 2.24) is 0 Å². The fourth-order valence-electron chi connectivity index (χ4n) is 2.79. The lowest BCUT2D eigenvalue weighted by atomic mass is 9.68. The number of allylic oxidation sites excluding steroid dienone is 1. The van der Waals surface area contributed by atoms with E-state index in [1.165, 1.54) is 19.3 Å². The Hall–Kier alpha value is -0.790. The van der Waals surface area contributed by atoms with Gasteiger partial charge in [-0.2, -0.15) is 0 Å². The maximum Gasteiger partial charge on any atom is 0.309 e. The third-order valence-electron chi connectivity index (χ3n) is 4.02. The van der Waals surface area contributed by atoms with E-state index in [-0.39, 0.29) is 0 Å². The molecule has 0 spiro atoms. The molecule has 0 aliphatic heterocycles. The Balaban J connectivity index is 2.49. The molecule has 0 amide bonds. The Morgan fingerprint density at radius 1 is 1.50 bits per heavy atom. The fourth-order valence-corrected chi connectivity index (χ4v) is 2.79. The van der Waals surface area contributed by atoms with Gasteiger partial charge < -0.3 is 5.11 Å². The Labute approximate surface area is 98.7 Å². The van der Waals surface area contributed by atoms with Crippen LogP contribution in [0.3, 0.4) is 0 Å². The van der Waals surface area contributed by atoms with E-state index in [1.54, 1.807) is 6.08 Å². The second-order valence-corrected chi connectivity index (χ2v) is 5.16. The van der Waals surface area contributed by atoms with Crippen molar-refractivity contribution >= 4 is 5.97 Å². The van der Waals surface area contributed by atoms with E-state index >= 15 is 0 Å². The molecule has 92 valence electrons. The average molecular weight is 224 g/mol. The van der Waals surface area contributed by atoms with Crippen LogP contribution in [0.5, 0.6) is 0 Å². The van der Waals surface area contributed by atoms with Crippen LogP contribution in [-0.4, -0.2) is 11.1 Å². The van der Waals surface area contributed by atoms with Crippen molar-refractivity contribution in [1.29, 1.82) is 0 Å². The minimum absolute atomic E-state index is 0.496. The quantitative estimate of drug-likeness (QED) is 0.692. The summed E-state index contributed by atoms with van der Waals surface area (Å²) in [6.07, 6.45) is 10.0. The third kappa shape index (κ3) is 3.10. The summed E-state index contributed by atoms with van der Waals surface area (Å²) in [7, 11) is 0. The van der Waals surface area contributed by atoms with Crippen molar-refractivity contribution in [3.63, 3.8) is 0 Å². The molecule has 0 atom stereocenters. The van der Waals surface area contributed by atoms with Crippen molar-refractivity contribution in [3.05, 3.63) is 12.7 Å². The summed E-state index contributed by atoms with van der Waals surface area (Å²) >= 11 is 0. The zero-order valence-corrected chi connectivity index (χ0v) is 10.4. The molecule has 2 heteroatoms. The monoisotopic (exact) mass is 224 g/mol. The molecule has 2 nitrogen and oxygen atoms in total. The van der Waals surface area contributed by atoms with Gasteiger partial charge in [-0.15, -0.1) is 6.58 Å². The molecule has 16 heavy (non-hydrogen) atoms. The molecule has 0 bridgehead atoms. The van der Waals surface area contributed by atoms with Gasteiger partial charge in [-0.3, -0.25) is 4.79 Å². The molecular formula is C14H24O2. The maximum absolute atomic E-state index is 11.3. The Morgan fingerprint density at radius 2 is 2.12 bits per heavy atom. The molecule has 0 heterocycles. The highest BCUT2D eigenvalue weighted by Crippen LogP contribution is 2.43. The van der Waals surface area contributed by atoms with Gasteiger partial charge in [0, 0.05) is 0 Å². The first-order valence-corrected chi connectivity index (χ1v) is 6.49. The Bertz CT molecular complexity index is 237. The van der Waals surface area contributed by atoms with Crippen molar-refractivity contribution in [3.8, 4) is 0 Å². The predicted octanol–water partition coefficient (Wildman–Crippen LogP) is 4.01. The van der Waals surface area contributed by atoms with Gasteiger partial charge in [-0.1, -0.05) is 32.3 Å². The van der Waals surface area contributed by atoms with Crippen LogP contribution in [0.1, 0.15) is 58.3 Å². The standard InChI is InChI=1S/C14H24O2/c1-3-5-6-12-7-10-14(9-4-2,11-8-12)13(15)16/h4,12H,2-3,5-11H2,1H3,(H,15,16). The number of hydrogen-bond acceptors (Lipinski definition) is 1. The van der Waals surface area contributed by atoms with Gasteiger partial charge in [0.15, 0.2) is 0 Å². The van der Waals surface area contributed by atoms with Gasteiger partial charge in [0.25, 0.3) is 0 Å². The van der Waals surface area contributed by atoms with Crippen LogP contribution in [-0.2, 0) is 4.79 Å². The third-order valence-corrected chi connectivity index (χ3v) is 4.02. The number of unbranched alkanes of at least 4 members (excludes halogenated alkanes) is 1. The molecule has 1 aliphatic rings.